The van der Waals surface area contributed by atoms with Gasteiger partial charge in [-0.05, 0) is 34.5 Å². The number of hydrogen-bond acceptors (Lipinski definition) is 6. The lowest BCUT2D eigenvalue weighted by Crippen LogP contribution is -2.23. The molecule has 4 rings (SSSR count). The number of rotatable bonds is 5. The quantitative estimate of drug-likeness (QED) is 0.566. The molecule has 0 aliphatic rings. The standard InChI is InChI=1S/C18H13N3O2S2/c22-18(14-8-15(23-21-14)17-4-2-6-25-17)20-10-12-7-13(11-19-9-12)16-3-1-5-24-16/h1-9,11H,10H2,(H,20,22). The van der Waals surface area contributed by atoms with Crippen LogP contribution in [0, 0.1) is 0 Å². The summed E-state index contributed by atoms with van der Waals surface area (Å²) in [6.07, 6.45) is 3.57. The fraction of sp³-hybridized carbons (Fsp3) is 0.0556. The molecule has 4 aromatic heterocycles. The van der Waals surface area contributed by atoms with Crippen molar-refractivity contribution in [2.75, 3.05) is 0 Å². The van der Waals surface area contributed by atoms with Crippen LogP contribution in [0.1, 0.15) is 16.1 Å². The predicted octanol–water partition coefficient (Wildman–Crippen LogP) is 4.46. The van der Waals surface area contributed by atoms with E-state index in [1.165, 1.54) is 11.3 Å². The summed E-state index contributed by atoms with van der Waals surface area (Å²) in [4.78, 5) is 18.6. The van der Waals surface area contributed by atoms with Crippen LogP contribution >= 0.6 is 22.7 Å². The van der Waals surface area contributed by atoms with Gasteiger partial charge in [-0.3, -0.25) is 9.78 Å². The molecular weight excluding hydrogens is 354 g/mol. The highest BCUT2D eigenvalue weighted by Crippen LogP contribution is 2.26. The van der Waals surface area contributed by atoms with Gasteiger partial charge in [-0.15, -0.1) is 22.7 Å². The van der Waals surface area contributed by atoms with E-state index < -0.39 is 0 Å². The Kier molecular flexibility index (Phi) is 4.41. The van der Waals surface area contributed by atoms with Gasteiger partial charge in [0.2, 0.25) is 0 Å². The molecule has 0 atom stereocenters. The number of thiophene rings is 2. The first kappa shape index (κ1) is 15.7. The smallest absolute Gasteiger partial charge is 0.273 e. The minimum Gasteiger partial charge on any atom is -0.355 e. The molecule has 1 amide bonds. The lowest BCUT2D eigenvalue weighted by atomic mass is 10.2. The number of pyridine rings is 1. The number of aromatic nitrogens is 2. The second kappa shape index (κ2) is 7.00. The molecule has 0 aromatic carbocycles. The Hall–Kier alpha value is -2.77. The third-order valence-corrected chi connectivity index (χ3v) is 5.36. The van der Waals surface area contributed by atoms with Crippen molar-refractivity contribution in [1.82, 2.24) is 15.5 Å². The van der Waals surface area contributed by atoms with E-state index in [9.17, 15) is 4.79 Å². The zero-order valence-electron chi connectivity index (χ0n) is 13.0. The molecular formula is C18H13N3O2S2. The maximum absolute atomic E-state index is 12.3. The minimum atomic E-state index is -0.270. The number of carbonyl (C=O) groups is 1. The lowest BCUT2D eigenvalue weighted by Gasteiger charge is -2.04. The Labute approximate surface area is 152 Å². The van der Waals surface area contributed by atoms with Crippen molar-refractivity contribution in [1.29, 1.82) is 0 Å². The Bertz CT molecular complexity index is 976. The van der Waals surface area contributed by atoms with E-state index in [0.29, 0.717) is 12.3 Å². The summed E-state index contributed by atoms with van der Waals surface area (Å²) in [6.45, 7) is 0.381. The molecule has 0 spiro atoms. The van der Waals surface area contributed by atoms with Crippen LogP contribution < -0.4 is 5.32 Å². The number of amides is 1. The molecule has 0 fully saturated rings. The van der Waals surface area contributed by atoms with Gasteiger partial charge in [0.1, 0.15) is 0 Å². The summed E-state index contributed by atoms with van der Waals surface area (Å²) in [7, 11) is 0. The highest BCUT2D eigenvalue weighted by molar-refractivity contribution is 7.13. The molecule has 0 saturated heterocycles. The predicted molar refractivity (Wildman–Crippen MR) is 98.5 cm³/mol. The second-order valence-corrected chi connectivity index (χ2v) is 7.19. The molecule has 0 radical (unpaired) electrons. The van der Waals surface area contributed by atoms with E-state index in [0.717, 1.165) is 20.9 Å². The summed E-state index contributed by atoms with van der Waals surface area (Å²) in [6, 6.07) is 11.6. The molecule has 124 valence electrons. The third kappa shape index (κ3) is 3.52. The van der Waals surface area contributed by atoms with Gasteiger partial charge in [0.05, 0.1) is 4.88 Å². The fourth-order valence-corrected chi connectivity index (χ4v) is 3.73. The number of nitrogens with one attached hydrogen (secondary N) is 1. The third-order valence-electron chi connectivity index (χ3n) is 3.56. The zero-order chi connectivity index (χ0) is 17.1. The van der Waals surface area contributed by atoms with Crippen molar-refractivity contribution < 1.29 is 9.32 Å². The minimum absolute atomic E-state index is 0.269. The van der Waals surface area contributed by atoms with Crippen molar-refractivity contribution in [3.63, 3.8) is 0 Å². The first-order valence-corrected chi connectivity index (χ1v) is 9.32. The van der Waals surface area contributed by atoms with Crippen molar-refractivity contribution in [2.45, 2.75) is 6.54 Å². The van der Waals surface area contributed by atoms with Gasteiger partial charge >= 0.3 is 0 Å². The number of nitrogens with zero attached hydrogens (tertiary/aromatic N) is 2. The second-order valence-electron chi connectivity index (χ2n) is 5.30. The van der Waals surface area contributed by atoms with Gasteiger partial charge in [0.15, 0.2) is 11.5 Å². The van der Waals surface area contributed by atoms with Crippen LogP contribution in [0.4, 0.5) is 0 Å². The van der Waals surface area contributed by atoms with E-state index in [-0.39, 0.29) is 11.6 Å². The highest BCUT2D eigenvalue weighted by atomic mass is 32.1. The van der Waals surface area contributed by atoms with Crippen molar-refractivity contribution >= 4 is 28.6 Å². The van der Waals surface area contributed by atoms with E-state index >= 15 is 0 Å². The van der Waals surface area contributed by atoms with E-state index in [2.05, 4.69) is 15.5 Å². The van der Waals surface area contributed by atoms with Crippen LogP contribution in [0.25, 0.3) is 21.1 Å². The van der Waals surface area contributed by atoms with Gasteiger partial charge in [-0.1, -0.05) is 17.3 Å². The summed E-state index contributed by atoms with van der Waals surface area (Å²) in [5, 5.41) is 10.7. The zero-order valence-corrected chi connectivity index (χ0v) is 14.6. The van der Waals surface area contributed by atoms with Crippen molar-refractivity contribution in [3.8, 4) is 21.1 Å². The molecule has 0 aliphatic heterocycles. The monoisotopic (exact) mass is 367 g/mol. The Morgan fingerprint density at radius 1 is 1.08 bits per heavy atom. The van der Waals surface area contributed by atoms with Crippen LogP contribution in [-0.2, 0) is 6.54 Å². The first-order valence-electron chi connectivity index (χ1n) is 7.56. The largest absolute Gasteiger partial charge is 0.355 e. The molecule has 25 heavy (non-hydrogen) atoms. The average Bonchev–Trinajstić information content (AvgIpc) is 3.41. The normalized spacial score (nSPS) is 10.7. The van der Waals surface area contributed by atoms with Crippen LogP contribution in [0.15, 0.2) is 64.1 Å². The number of hydrogen-bond donors (Lipinski definition) is 1. The Morgan fingerprint density at radius 2 is 1.88 bits per heavy atom. The topological polar surface area (TPSA) is 68.0 Å². The molecule has 4 heterocycles. The molecule has 7 heteroatoms. The molecule has 0 saturated carbocycles. The van der Waals surface area contributed by atoms with Crippen molar-refractivity contribution in [3.05, 3.63) is 70.8 Å². The maximum atomic E-state index is 12.3. The van der Waals surface area contributed by atoms with Gasteiger partial charge in [-0.25, -0.2) is 0 Å². The summed E-state index contributed by atoms with van der Waals surface area (Å²) in [5.74, 6) is 0.328. The highest BCUT2D eigenvalue weighted by Gasteiger charge is 2.14. The molecule has 5 nitrogen and oxygen atoms in total. The van der Waals surface area contributed by atoms with Gasteiger partial charge in [0, 0.05) is 35.4 Å². The molecule has 0 unspecified atom stereocenters. The Balaban J connectivity index is 1.43. The molecule has 0 bridgehead atoms. The van der Waals surface area contributed by atoms with Gasteiger partial charge in [0.25, 0.3) is 5.91 Å². The van der Waals surface area contributed by atoms with Crippen molar-refractivity contribution in [2.24, 2.45) is 0 Å². The van der Waals surface area contributed by atoms with E-state index in [1.54, 1.807) is 23.6 Å². The van der Waals surface area contributed by atoms with Crippen LogP contribution in [-0.4, -0.2) is 16.0 Å². The van der Waals surface area contributed by atoms with E-state index in [1.807, 2.05) is 47.3 Å². The fourth-order valence-electron chi connectivity index (χ4n) is 2.35. The number of carbonyl (C=O) groups excluding carboxylic acids is 1. The van der Waals surface area contributed by atoms with Gasteiger partial charge in [-0.2, -0.15) is 0 Å². The summed E-state index contributed by atoms with van der Waals surface area (Å²) >= 11 is 3.20. The van der Waals surface area contributed by atoms with Gasteiger partial charge < -0.3 is 9.84 Å². The molecule has 1 N–H and O–H groups in total. The SMILES string of the molecule is O=C(NCc1cncc(-c2cccs2)c1)c1cc(-c2cccs2)on1. The van der Waals surface area contributed by atoms with Crippen LogP contribution in [0.3, 0.4) is 0 Å². The van der Waals surface area contributed by atoms with E-state index in [4.69, 9.17) is 4.52 Å². The average molecular weight is 367 g/mol. The first-order chi connectivity index (χ1) is 12.3. The molecule has 4 aromatic rings. The Morgan fingerprint density at radius 3 is 2.64 bits per heavy atom. The van der Waals surface area contributed by atoms with Crippen LogP contribution in [0.2, 0.25) is 0 Å². The maximum Gasteiger partial charge on any atom is 0.273 e. The summed E-state index contributed by atoms with van der Waals surface area (Å²) in [5.41, 5.74) is 2.25. The van der Waals surface area contributed by atoms with Crippen LogP contribution in [0.5, 0.6) is 0 Å². The lowest BCUT2D eigenvalue weighted by molar-refractivity contribution is 0.0942. The molecule has 0 aliphatic carbocycles. The summed E-state index contributed by atoms with van der Waals surface area (Å²) < 4.78 is 5.24.